The van der Waals surface area contributed by atoms with Crippen molar-refractivity contribution in [1.29, 1.82) is 0 Å². The Labute approximate surface area is 103 Å². The predicted octanol–water partition coefficient (Wildman–Crippen LogP) is 1.16. The van der Waals surface area contributed by atoms with Crippen LogP contribution in [0.5, 0.6) is 0 Å². The molecule has 2 rings (SSSR count). The van der Waals surface area contributed by atoms with Crippen molar-refractivity contribution in [2.45, 2.75) is 13.3 Å². The van der Waals surface area contributed by atoms with Crippen LogP contribution in [0.15, 0.2) is 16.9 Å². The van der Waals surface area contributed by atoms with E-state index in [2.05, 4.69) is 15.3 Å². The van der Waals surface area contributed by atoms with Gasteiger partial charge in [0, 0.05) is 19.2 Å². The van der Waals surface area contributed by atoms with Crippen molar-refractivity contribution in [2.24, 2.45) is 0 Å². The van der Waals surface area contributed by atoms with Crippen LogP contribution in [0, 0.1) is 12.7 Å². The number of halogens is 1. The van der Waals surface area contributed by atoms with Gasteiger partial charge in [-0.05, 0) is 19.4 Å². The van der Waals surface area contributed by atoms with Gasteiger partial charge in [0.15, 0.2) is 0 Å². The van der Waals surface area contributed by atoms with Gasteiger partial charge in [0.25, 0.3) is 5.56 Å². The molecule has 2 aromatic rings. The van der Waals surface area contributed by atoms with Crippen LogP contribution < -0.4 is 10.9 Å². The van der Waals surface area contributed by atoms with Crippen molar-refractivity contribution < 1.29 is 9.50 Å². The van der Waals surface area contributed by atoms with E-state index in [1.54, 1.807) is 6.92 Å². The summed E-state index contributed by atoms with van der Waals surface area (Å²) in [4.78, 5) is 18.3. The van der Waals surface area contributed by atoms with Crippen molar-refractivity contribution >= 4 is 16.6 Å². The second kappa shape index (κ2) is 5.14. The molecule has 0 saturated carbocycles. The minimum Gasteiger partial charge on any atom is -0.396 e. The first kappa shape index (κ1) is 12.5. The number of aliphatic hydroxyl groups is 1. The van der Waals surface area contributed by atoms with E-state index in [0.717, 1.165) is 0 Å². The van der Waals surface area contributed by atoms with Crippen LogP contribution in [0.2, 0.25) is 0 Å². The summed E-state index contributed by atoms with van der Waals surface area (Å²) in [6.45, 7) is 2.12. The summed E-state index contributed by atoms with van der Waals surface area (Å²) < 4.78 is 13.7. The number of aliphatic hydroxyl groups excluding tert-OH is 1. The van der Waals surface area contributed by atoms with Crippen molar-refractivity contribution in [3.8, 4) is 0 Å². The smallest absolute Gasteiger partial charge is 0.258 e. The Morgan fingerprint density at radius 3 is 3.00 bits per heavy atom. The number of benzene rings is 1. The molecule has 0 aliphatic heterocycles. The quantitative estimate of drug-likeness (QED) is 0.713. The Bertz CT molecular complexity index is 624. The molecule has 0 saturated heterocycles. The van der Waals surface area contributed by atoms with E-state index in [4.69, 9.17) is 5.11 Å². The van der Waals surface area contributed by atoms with E-state index in [9.17, 15) is 9.18 Å². The second-order valence-electron chi connectivity index (χ2n) is 4.00. The molecule has 1 heterocycles. The van der Waals surface area contributed by atoms with Gasteiger partial charge < -0.3 is 15.4 Å². The van der Waals surface area contributed by atoms with Crippen LogP contribution in [-0.2, 0) is 0 Å². The highest BCUT2D eigenvalue weighted by Gasteiger charge is 2.08. The zero-order chi connectivity index (χ0) is 13.1. The molecule has 0 unspecified atom stereocenters. The third kappa shape index (κ3) is 2.48. The number of aromatic nitrogens is 2. The van der Waals surface area contributed by atoms with E-state index in [-0.39, 0.29) is 17.9 Å². The summed E-state index contributed by atoms with van der Waals surface area (Å²) >= 11 is 0. The number of aromatic amines is 1. The molecule has 0 spiro atoms. The summed E-state index contributed by atoms with van der Waals surface area (Å²) in [7, 11) is 0. The zero-order valence-corrected chi connectivity index (χ0v) is 9.96. The lowest BCUT2D eigenvalue weighted by atomic mass is 10.2. The van der Waals surface area contributed by atoms with Crippen molar-refractivity contribution in [3.05, 3.63) is 34.1 Å². The van der Waals surface area contributed by atoms with Gasteiger partial charge in [0.05, 0.1) is 16.6 Å². The minimum absolute atomic E-state index is 0.0313. The molecule has 0 bridgehead atoms. The van der Waals surface area contributed by atoms with Crippen LogP contribution in [0.25, 0.3) is 10.9 Å². The third-order valence-electron chi connectivity index (χ3n) is 2.56. The third-order valence-corrected chi connectivity index (χ3v) is 2.56. The Morgan fingerprint density at radius 1 is 1.50 bits per heavy atom. The molecule has 5 nitrogen and oxygen atoms in total. The van der Waals surface area contributed by atoms with E-state index in [0.29, 0.717) is 29.7 Å². The fraction of sp³-hybridized carbons (Fsp3) is 0.333. The molecule has 3 N–H and O–H groups in total. The molecular formula is C12H14FN3O2. The van der Waals surface area contributed by atoms with Crippen LogP contribution in [-0.4, -0.2) is 28.2 Å². The van der Waals surface area contributed by atoms with Crippen molar-refractivity contribution in [3.63, 3.8) is 0 Å². The average molecular weight is 251 g/mol. The van der Waals surface area contributed by atoms with E-state index in [1.165, 1.54) is 12.1 Å². The van der Waals surface area contributed by atoms with Gasteiger partial charge in [0.2, 0.25) is 0 Å². The zero-order valence-electron chi connectivity index (χ0n) is 9.96. The molecule has 18 heavy (non-hydrogen) atoms. The summed E-state index contributed by atoms with van der Waals surface area (Å²) in [6.07, 6.45) is 0.514. The fourth-order valence-corrected chi connectivity index (χ4v) is 1.71. The molecular weight excluding hydrogens is 237 g/mol. The Kier molecular flexibility index (Phi) is 3.57. The summed E-state index contributed by atoms with van der Waals surface area (Å²) in [5.74, 6) is -0.00849. The normalized spacial score (nSPS) is 10.8. The second-order valence-corrected chi connectivity index (χ2v) is 4.00. The molecule has 6 heteroatoms. The average Bonchev–Trinajstić information content (AvgIpc) is 2.30. The first-order chi connectivity index (χ1) is 8.61. The number of fused-ring (bicyclic) bond motifs is 1. The SMILES string of the molecule is Cc1nc2cc(F)c(NCCCO)cc2c(=O)[nH]1. The number of hydrogen-bond donors (Lipinski definition) is 3. The molecule has 0 aliphatic rings. The highest BCUT2D eigenvalue weighted by Crippen LogP contribution is 2.19. The number of aryl methyl sites for hydroxylation is 1. The highest BCUT2D eigenvalue weighted by atomic mass is 19.1. The first-order valence-corrected chi connectivity index (χ1v) is 5.66. The summed E-state index contributed by atoms with van der Waals surface area (Å²) in [5, 5.41) is 11.8. The van der Waals surface area contributed by atoms with Gasteiger partial charge in [-0.3, -0.25) is 4.79 Å². The largest absolute Gasteiger partial charge is 0.396 e. The molecule has 1 aromatic carbocycles. The Hall–Kier alpha value is -1.95. The molecule has 0 atom stereocenters. The van der Waals surface area contributed by atoms with Gasteiger partial charge >= 0.3 is 0 Å². The lowest BCUT2D eigenvalue weighted by Gasteiger charge is -2.08. The van der Waals surface area contributed by atoms with E-state index >= 15 is 0 Å². The van der Waals surface area contributed by atoms with Crippen LogP contribution >= 0.6 is 0 Å². The van der Waals surface area contributed by atoms with Crippen molar-refractivity contribution in [1.82, 2.24) is 9.97 Å². The number of anilines is 1. The molecule has 0 fully saturated rings. The van der Waals surface area contributed by atoms with Crippen LogP contribution in [0.4, 0.5) is 10.1 Å². The van der Waals surface area contributed by atoms with Gasteiger partial charge in [-0.25, -0.2) is 9.37 Å². The monoisotopic (exact) mass is 251 g/mol. The highest BCUT2D eigenvalue weighted by molar-refractivity contribution is 5.81. The van der Waals surface area contributed by atoms with Crippen molar-refractivity contribution in [2.75, 3.05) is 18.5 Å². The Morgan fingerprint density at radius 2 is 2.28 bits per heavy atom. The fourth-order valence-electron chi connectivity index (χ4n) is 1.71. The maximum absolute atomic E-state index is 13.7. The van der Waals surface area contributed by atoms with Crippen LogP contribution in [0.3, 0.4) is 0 Å². The molecule has 0 radical (unpaired) electrons. The molecule has 0 aliphatic carbocycles. The molecule has 0 amide bonds. The lowest BCUT2D eigenvalue weighted by Crippen LogP contribution is -2.11. The molecule has 1 aromatic heterocycles. The number of H-pyrrole nitrogens is 1. The topological polar surface area (TPSA) is 78.0 Å². The summed E-state index contributed by atoms with van der Waals surface area (Å²) in [5.41, 5.74) is 0.288. The Balaban J connectivity index is 2.44. The van der Waals surface area contributed by atoms with Gasteiger partial charge in [-0.2, -0.15) is 0 Å². The summed E-state index contributed by atoms with van der Waals surface area (Å²) in [6, 6.07) is 2.67. The van der Waals surface area contributed by atoms with Crippen LogP contribution in [0.1, 0.15) is 12.2 Å². The maximum Gasteiger partial charge on any atom is 0.258 e. The number of nitrogens with one attached hydrogen (secondary N) is 2. The van der Waals surface area contributed by atoms with Gasteiger partial charge in [-0.1, -0.05) is 0 Å². The number of nitrogens with zero attached hydrogens (tertiary/aromatic N) is 1. The minimum atomic E-state index is -0.460. The van der Waals surface area contributed by atoms with Gasteiger partial charge in [-0.15, -0.1) is 0 Å². The standard InChI is InChI=1S/C12H14FN3O2/c1-7-15-10-6-9(13)11(14-3-2-4-17)5-8(10)12(18)16-7/h5-6,14,17H,2-4H2,1H3,(H,15,16,18). The van der Waals surface area contributed by atoms with E-state index in [1.807, 2.05) is 0 Å². The predicted molar refractivity (Wildman–Crippen MR) is 67.3 cm³/mol. The van der Waals surface area contributed by atoms with Gasteiger partial charge in [0.1, 0.15) is 11.6 Å². The lowest BCUT2D eigenvalue weighted by molar-refractivity contribution is 0.292. The molecule has 96 valence electrons. The number of rotatable bonds is 4. The number of hydrogen-bond acceptors (Lipinski definition) is 4. The maximum atomic E-state index is 13.7. The first-order valence-electron chi connectivity index (χ1n) is 5.66. The van der Waals surface area contributed by atoms with E-state index < -0.39 is 5.82 Å².